The van der Waals surface area contributed by atoms with Crippen LogP contribution in [0, 0.1) is 6.92 Å². The highest BCUT2D eigenvalue weighted by Gasteiger charge is 2.15. The molecule has 0 spiro atoms. The van der Waals surface area contributed by atoms with E-state index in [4.69, 9.17) is 16.7 Å². The van der Waals surface area contributed by atoms with E-state index >= 15 is 0 Å². The summed E-state index contributed by atoms with van der Waals surface area (Å²) in [7, 11) is 1.89. The second kappa shape index (κ2) is 5.21. The number of hydrogen-bond donors (Lipinski definition) is 1. The molecule has 0 amide bonds. The molecule has 0 aliphatic carbocycles. The van der Waals surface area contributed by atoms with Gasteiger partial charge in [-0.2, -0.15) is 0 Å². The largest absolute Gasteiger partial charge is 0.481 e. The number of anilines is 1. The Hall–Kier alpha value is -1.22. The zero-order valence-corrected chi connectivity index (χ0v) is 10.5. The van der Waals surface area contributed by atoms with E-state index in [1.165, 1.54) is 0 Å². The minimum atomic E-state index is -0.786. The van der Waals surface area contributed by atoms with Gasteiger partial charge in [0.05, 0.1) is 6.42 Å². The number of aryl methyl sites for hydroxylation is 1. The molecule has 88 valence electrons. The summed E-state index contributed by atoms with van der Waals surface area (Å²) in [5.41, 5.74) is 2.06. The van der Waals surface area contributed by atoms with Gasteiger partial charge in [0.25, 0.3) is 0 Å². The Balaban J connectivity index is 2.87. The molecule has 0 heterocycles. The zero-order chi connectivity index (χ0) is 12.3. The van der Waals surface area contributed by atoms with Crippen molar-refractivity contribution in [2.24, 2.45) is 0 Å². The molecule has 0 radical (unpaired) electrons. The summed E-state index contributed by atoms with van der Waals surface area (Å²) in [5.74, 6) is -0.786. The SMILES string of the molecule is Cc1cc(Cl)ccc1N(C)C(C)CC(=O)O. The first-order valence-electron chi connectivity index (χ1n) is 5.12. The van der Waals surface area contributed by atoms with Gasteiger partial charge in [0.1, 0.15) is 0 Å². The number of carboxylic acid groups (broad SMARTS) is 1. The van der Waals surface area contributed by atoms with Gasteiger partial charge in [-0.25, -0.2) is 0 Å². The molecule has 0 saturated carbocycles. The van der Waals surface area contributed by atoms with Crippen LogP contribution in [-0.2, 0) is 4.79 Å². The van der Waals surface area contributed by atoms with Gasteiger partial charge in [-0.1, -0.05) is 11.6 Å². The van der Waals surface area contributed by atoms with Gasteiger partial charge in [0.2, 0.25) is 0 Å². The Bertz CT molecular complexity index is 393. The van der Waals surface area contributed by atoms with Crippen LogP contribution in [0.2, 0.25) is 5.02 Å². The molecule has 0 fully saturated rings. The Morgan fingerprint density at radius 3 is 2.69 bits per heavy atom. The van der Waals surface area contributed by atoms with Crippen molar-refractivity contribution in [3.8, 4) is 0 Å². The fraction of sp³-hybridized carbons (Fsp3) is 0.417. The summed E-state index contributed by atoms with van der Waals surface area (Å²) in [6.07, 6.45) is 0.124. The highest BCUT2D eigenvalue weighted by atomic mass is 35.5. The highest BCUT2D eigenvalue weighted by molar-refractivity contribution is 6.30. The molecule has 0 aliphatic heterocycles. The minimum absolute atomic E-state index is 0.0441. The average molecular weight is 242 g/mol. The summed E-state index contributed by atoms with van der Waals surface area (Å²) < 4.78 is 0. The van der Waals surface area contributed by atoms with Crippen LogP contribution in [0.5, 0.6) is 0 Å². The smallest absolute Gasteiger partial charge is 0.305 e. The van der Waals surface area contributed by atoms with E-state index in [2.05, 4.69) is 0 Å². The second-order valence-corrected chi connectivity index (χ2v) is 4.43. The molecular weight excluding hydrogens is 226 g/mol. The molecule has 1 aromatic carbocycles. The number of carboxylic acids is 1. The predicted octanol–water partition coefficient (Wildman–Crippen LogP) is 2.95. The number of nitrogens with zero attached hydrogens (tertiary/aromatic N) is 1. The second-order valence-electron chi connectivity index (χ2n) is 3.99. The Morgan fingerprint density at radius 2 is 2.19 bits per heavy atom. The molecule has 1 aromatic rings. The lowest BCUT2D eigenvalue weighted by molar-refractivity contribution is -0.137. The molecule has 1 unspecified atom stereocenters. The number of rotatable bonds is 4. The van der Waals surface area contributed by atoms with E-state index in [0.717, 1.165) is 11.3 Å². The van der Waals surface area contributed by atoms with Crippen LogP contribution < -0.4 is 4.90 Å². The zero-order valence-electron chi connectivity index (χ0n) is 9.70. The molecule has 16 heavy (non-hydrogen) atoms. The highest BCUT2D eigenvalue weighted by Crippen LogP contribution is 2.24. The summed E-state index contributed by atoms with van der Waals surface area (Å²) in [6.45, 7) is 3.85. The number of carbonyl (C=O) groups is 1. The van der Waals surface area contributed by atoms with Crippen LogP contribution in [0.1, 0.15) is 18.9 Å². The monoisotopic (exact) mass is 241 g/mol. The topological polar surface area (TPSA) is 40.5 Å². The molecule has 4 heteroatoms. The first-order chi connectivity index (χ1) is 7.41. The first kappa shape index (κ1) is 12.8. The summed E-state index contributed by atoms with van der Waals surface area (Å²) in [4.78, 5) is 12.6. The van der Waals surface area contributed by atoms with Gasteiger partial charge in [-0.3, -0.25) is 4.79 Å². The van der Waals surface area contributed by atoms with E-state index < -0.39 is 5.97 Å². The lowest BCUT2D eigenvalue weighted by Crippen LogP contribution is -2.31. The quantitative estimate of drug-likeness (QED) is 0.881. The van der Waals surface area contributed by atoms with Gasteiger partial charge < -0.3 is 10.0 Å². The Kier molecular flexibility index (Phi) is 4.19. The van der Waals surface area contributed by atoms with E-state index in [-0.39, 0.29) is 12.5 Å². The van der Waals surface area contributed by atoms with Crippen LogP contribution in [0.3, 0.4) is 0 Å². The Labute approximate surface area is 101 Å². The van der Waals surface area contributed by atoms with Crippen molar-refractivity contribution in [3.63, 3.8) is 0 Å². The van der Waals surface area contributed by atoms with Gasteiger partial charge >= 0.3 is 5.97 Å². The number of hydrogen-bond acceptors (Lipinski definition) is 2. The number of halogens is 1. The Morgan fingerprint density at radius 1 is 1.56 bits per heavy atom. The van der Waals surface area contributed by atoms with Crippen molar-refractivity contribution in [2.45, 2.75) is 26.3 Å². The molecule has 0 aromatic heterocycles. The van der Waals surface area contributed by atoms with Crippen LogP contribution in [0.25, 0.3) is 0 Å². The predicted molar refractivity (Wildman–Crippen MR) is 66.3 cm³/mol. The van der Waals surface area contributed by atoms with Crippen LogP contribution in [0.4, 0.5) is 5.69 Å². The van der Waals surface area contributed by atoms with Crippen LogP contribution in [0.15, 0.2) is 18.2 Å². The molecule has 1 atom stereocenters. The molecular formula is C12H16ClNO2. The lowest BCUT2D eigenvalue weighted by atomic mass is 10.1. The van der Waals surface area contributed by atoms with Gasteiger partial charge in [0.15, 0.2) is 0 Å². The van der Waals surface area contributed by atoms with E-state index in [0.29, 0.717) is 5.02 Å². The molecule has 0 aliphatic rings. The third kappa shape index (κ3) is 3.14. The third-order valence-corrected chi connectivity index (χ3v) is 2.91. The maximum Gasteiger partial charge on any atom is 0.305 e. The number of aliphatic carboxylic acids is 1. The van der Waals surface area contributed by atoms with E-state index in [9.17, 15) is 4.79 Å². The number of benzene rings is 1. The normalized spacial score (nSPS) is 12.2. The average Bonchev–Trinajstić information content (AvgIpc) is 2.15. The van der Waals surface area contributed by atoms with Crippen molar-refractivity contribution >= 4 is 23.3 Å². The standard InChI is InChI=1S/C12H16ClNO2/c1-8-6-10(13)4-5-11(8)14(3)9(2)7-12(15)16/h4-6,9H,7H2,1-3H3,(H,15,16). The fourth-order valence-electron chi connectivity index (χ4n) is 1.64. The summed E-state index contributed by atoms with van der Waals surface area (Å²) in [5, 5.41) is 9.44. The van der Waals surface area contributed by atoms with E-state index in [1.807, 2.05) is 44.0 Å². The molecule has 1 rings (SSSR count). The lowest BCUT2D eigenvalue weighted by Gasteiger charge is -2.27. The molecule has 0 saturated heterocycles. The van der Waals surface area contributed by atoms with Gasteiger partial charge in [-0.15, -0.1) is 0 Å². The molecule has 3 nitrogen and oxygen atoms in total. The van der Waals surface area contributed by atoms with Crippen LogP contribution in [-0.4, -0.2) is 24.2 Å². The van der Waals surface area contributed by atoms with Crippen molar-refractivity contribution in [1.82, 2.24) is 0 Å². The van der Waals surface area contributed by atoms with Crippen molar-refractivity contribution < 1.29 is 9.90 Å². The van der Waals surface area contributed by atoms with Gasteiger partial charge in [0, 0.05) is 23.8 Å². The minimum Gasteiger partial charge on any atom is -0.481 e. The summed E-state index contributed by atoms with van der Waals surface area (Å²) >= 11 is 5.87. The molecule has 1 N–H and O–H groups in total. The maximum atomic E-state index is 10.6. The first-order valence-corrected chi connectivity index (χ1v) is 5.50. The maximum absolute atomic E-state index is 10.6. The summed E-state index contributed by atoms with van der Waals surface area (Å²) in [6, 6.07) is 5.56. The van der Waals surface area contributed by atoms with Gasteiger partial charge in [-0.05, 0) is 37.6 Å². The van der Waals surface area contributed by atoms with Crippen LogP contribution >= 0.6 is 11.6 Å². The molecule has 0 bridgehead atoms. The van der Waals surface area contributed by atoms with Crippen molar-refractivity contribution in [3.05, 3.63) is 28.8 Å². The van der Waals surface area contributed by atoms with E-state index in [1.54, 1.807) is 0 Å². The van der Waals surface area contributed by atoms with Crippen molar-refractivity contribution in [1.29, 1.82) is 0 Å². The van der Waals surface area contributed by atoms with Crippen molar-refractivity contribution in [2.75, 3.05) is 11.9 Å². The fourth-order valence-corrected chi connectivity index (χ4v) is 1.87. The third-order valence-electron chi connectivity index (χ3n) is 2.67.